The normalized spacial score (nSPS) is 14.3. The zero-order valence-corrected chi connectivity index (χ0v) is 25.4. The lowest BCUT2D eigenvalue weighted by atomic mass is 10.1. The molecule has 12 nitrogen and oxygen atoms in total. The largest absolute Gasteiger partial charge is 0.349 e. The Labute approximate surface area is 252 Å². The van der Waals surface area contributed by atoms with Crippen LogP contribution >= 0.6 is 11.3 Å². The molecular weight excluding hydrogens is 566 g/mol. The first-order valence-corrected chi connectivity index (χ1v) is 14.9. The fourth-order valence-electron chi connectivity index (χ4n) is 5.02. The fraction of sp³-hybridized carbons (Fsp3) is 0.333. The third-order valence-electron chi connectivity index (χ3n) is 7.57. The van der Waals surface area contributed by atoms with E-state index < -0.39 is 0 Å². The van der Waals surface area contributed by atoms with Gasteiger partial charge in [0, 0.05) is 69.2 Å². The van der Waals surface area contributed by atoms with Gasteiger partial charge in [0.1, 0.15) is 11.3 Å². The van der Waals surface area contributed by atoms with Crippen LogP contribution in [0.1, 0.15) is 37.4 Å². The van der Waals surface area contributed by atoms with Gasteiger partial charge in [-0.05, 0) is 44.7 Å². The molecule has 5 aromatic rings. The lowest BCUT2D eigenvalue weighted by Gasteiger charge is -2.32. The van der Waals surface area contributed by atoms with Crippen LogP contribution in [0.25, 0.3) is 27.5 Å². The second-order valence-electron chi connectivity index (χ2n) is 10.7. The summed E-state index contributed by atoms with van der Waals surface area (Å²) in [5.41, 5.74) is 4.87. The fourth-order valence-corrected chi connectivity index (χ4v) is 5.99. The number of fused-ring (bicyclic) bond motifs is 1. The van der Waals surface area contributed by atoms with E-state index in [1.807, 2.05) is 50.4 Å². The Kier molecular flexibility index (Phi) is 8.02. The van der Waals surface area contributed by atoms with E-state index in [2.05, 4.69) is 47.6 Å². The van der Waals surface area contributed by atoms with E-state index in [4.69, 9.17) is 4.52 Å². The Hall–Kier alpha value is -4.46. The Morgan fingerprint density at radius 2 is 1.79 bits per heavy atom. The van der Waals surface area contributed by atoms with Crippen LogP contribution in [0.15, 0.2) is 47.2 Å². The number of thiazole rings is 1. The Bertz CT molecular complexity index is 1800. The molecule has 1 aromatic carbocycles. The van der Waals surface area contributed by atoms with Crippen molar-refractivity contribution < 1.29 is 14.1 Å². The molecule has 6 rings (SSSR count). The summed E-state index contributed by atoms with van der Waals surface area (Å²) < 4.78 is 6.85. The van der Waals surface area contributed by atoms with Gasteiger partial charge in [-0.1, -0.05) is 17.3 Å². The molecule has 0 aliphatic carbocycles. The third kappa shape index (κ3) is 6.19. The summed E-state index contributed by atoms with van der Waals surface area (Å²) in [5.74, 6) is 0.435. The van der Waals surface area contributed by atoms with Crippen LogP contribution in [-0.4, -0.2) is 92.4 Å². The molecular formula is C30H33N9O3S. The molecule has 1 aliphatic heterocycles. The van der Waals surface area contributed by atoms with Gasteiger partial charge < -0.3 is 20.1 Å². The van der Waals surface area contributed by atoms with Crippen LogP contribution < -0.4 is 10.6 Å². The molecule has 43 heavy (non-hydrogen) atoms. The van der Waals surface area contributed by atoms with Gasteiger partial charge in [0.05, 0.1) is 16.8 Å². The molecule has 0 saturated carbocycles. The number of pyridine rings is 1. The minimum absolute atomic E-state index is 0.175. The van der Waals surface area contributed by atoms with Crippen LogP contribution in [0.5, 0.6) is 0 Å². The lowest BCUT2D eigenvalue weighted by Crippen LogP contribution is -2.46. The zero-order valence-electron chi connectivity index (χ0n) is 24.5. The molecule has 1 fully saturated rings. The van der Waals surface area contributed by atoms with E-state index >= 15 is 0 Å². The standard InChI is InChI=1S/C30H33N9O3S/c1-18-5-6-21(27-34-20(3)42-36-27)15-23(18)35-28(40)24-16-32-25-8-7-22(17-39(24)25)26-19(2)33-30(43-26)29(41)31-9-10-38-13-11-37(4)12-14-38/h5-8,15-17H,9-14H2,1-4H3,(H,31,41)(H,35,40). The molecule has 0 unspecified atom stereocenters. The van der Waals surface area contributed by atoms with Gasteiger partial charge in [-0.15, -0.1) is 11.3 Å². The van der Waals surface area contributed by atoms with Crippen LogP contribution in [0.3, 0.4) is 0 Å². The second-order valence-corrected chi connectivity index (χ2v) is 11.7. The molecule has 2 amide bonds. The highest BCUT2D eigenvalue weighted by molar-refractivity contribution is 7.17. The number of rotatable bonds is 8. The van der Waals surface area contributed by atoms with E-state index in [0.29, 0.717) is 40.3 Å². The molecule has 13 heteroatoms. The third-order valence-corrected chi connectivity index (χ3v) is 8.78. The number of piperazine rings is 1. The first-order valence-electron chi connectivity index (χ1n) is 14.1. The highest BCUT2D eigenvalue weighted by Crippen LogP contribution is 2.31. The van der Waals surface area contributed by atoms with Crippen LogP contribution in [-0.2, 0) is 0 Å². The highest BCUT2D eigenvalue weighted by atomic mass is 32.1. The number of carbonyl (C=O) groups is 2. The van der Waals surface area contributed by atoms with Crippen molar-refractivity contribution in [2.24, 2.45) is 0 Å². The molecule has 0 atom stereocenters. The summed E-state index contributed by atoms with van der Waals surface area (Å²) in [6, 6.07) is 9.39. The summed E-state index contributed by atoms with van der Waals surface area (Å²) >= 11 is 1.34. The number of hydrogen-bond donors (Lipinski definition) is 2. The molecule has 2 N–H and O–H groups in total. The van der Waals surface area contributed by atoms with Crippen molar-refractivity contribution in [2.75, 3.05) is 51.6 Å². The van der Waals surface area contributed by atoms with Gasteiger partial charge in [-0.3, -0.25) is 18.9 Å². The number of amides is 2. The molecule has 0 radical (unpaired) electrons. The average Bonchev–Trinajstić information content (AvgIpc) is 3.73. The van der Waals surface area contributed by atoms with Crippen LogP contribution in [0, 0.1) is 20.8 Å². The van der Waals surface area contributed by atoms with E-state index in [1.54, 1.807) is 17.5 Å². The van der Waals surface area contributed by atoms with Crippen molar-refractivity contribution in [3.63, 3.8) is 0 Å². The quantitative estimate of drug-likeness (QED) is 0.274. The molecule has 5 heterocycles. The van der Waals surface area contributed by atoms with Crippen LogP contribution in [0.4, 0.5) is 5.69 Å². The maximum Gasteiger partial charge on any atom is 0.280 e. The van der Waals surface area contributed by atoms with Crippen molar-refractivity contribution in [3.8, 4) is 21.8 Å². The molecule has 0 spiro atoms. The number of imidazole rings is 1. The van der Waals surface area contributed by atoms with Gasteiger partial charge in [-0.25, -0.2) is 9.97 Å². The van der Waals surface area contributed by atoms with Crippen molar-refractivity contribution in [1.82, 2.24) is 39.6 Å². The van der Waals surface area contributed by atoms with Gasteiger partial charge in [-0.2, -0.15) is 4.98 Å². The van der Waals surface area contributed by atoms with Gasteiger partial charge in [0.2, 0.25) is 11.7 Å². The number of anilines is 1. The van der Waals surface area contributed by atoms with Crippen molar-refractivity contribution >= 4 is 34.5 Å². The number of likely N-dealkylation sites (N-methyl/N-ethyl adjacent to an activating group) is 1. The Balaban J connectivity index is 1.17. The summed E-state index contributed by atoms with van der Waals surface area (Å²) in [5, 5.41) is 10.4. The monoisotopic (exact) mass is 599 g/mol. The minimum atomic E-state index is -0.310. The van der Waals surface area contributed by atoms with Crippen molar-refractivity contribution in [2.45, 2.75) is 20.8 Å². The topological polar surface area (TPSA) is 134 Å². The zero-order chi connectivity index (χ0) is 30.1. The Morgan fingerprint density at radius 3 is 2.56 bits per heavy atom. The Morgan fingerprint density at radius 1 is 1.00 bits per heavy atom. The second kappa shape index (κ2) is 12.0. The SMILES string of the molecule is Cc1nc(-c2ccc(C)c(NC(=O)c3cnc4ccc(-c5sc(C(=O)NCCN6CCN(C)CC6)nc5C)cn34)c2)no1. The molecule has 4 aromatic heterocycles. The maximum absolute atomic E-state index is 13.4. The summed E-state index contributed by atoms with van der Waals surface area (Å²) in [7, 11) is 2.13. The number of aryl methyl sites for hydroxylation is 3. The first kappa shape index (κ1) is 28.6. The van der Waals surface area contributed by atoms with Gasteiger partial charge in [0.25, 0.3) is 11.8 Å². The molecule has 0 bridgehead atoms. The predicted octanol–water partition coefficient (Wildman–Crippen LogP) is 3.66. The summed E-state index contributed by atoms with van der Waals surface area (Å²) in [6.07, 6.45) is 3.41. The molecule has 1 saturated heterocycles. The number of carbonyl (C=O) groups excluding carboxylic acids is 2. The summed E-state index contributed by atoms with van der Waals surface area (Å²) in [6.45, 7) is 11.0. The minimum Gasteiger partial charge on any atom is -0.349 e. The molecule has 222 valence electrons. The number of hydrogen-bond acceptors (Lipinski definition) is 10. The smallest absolute Gasteiger partial charge is 0.280 e. The number of nitrogens with zero attached hydrogens (tertiary/aromatic N) is 7. The van der Waals surface area contributed by atoms with Crippen molar-refractivity contribution in [1.29, 1.82) is 0 Å². The van der Waals surface area contributed by atoms with Gasteiger partial charge >= 0.3 is 0 Å². The molecule has 1 aliphatic rings. The first-order chi connectivity index (χ1) is 20.7. The number of aromatic nitrogens is 5. The van der Waals surface area contributed by atoms with Crippen molar-refractivity contribution in [3.05, 3.63) is 70.6 Å². The van der Waals surface area contributed by atoms with Gasteiger partial charge in [0.15, 0.2) is 5.01 Å². The lowest BCUT2D eigenvalue weighted by molar-refractivity contribution is 0.0939. The van der Waals surface area contributed by atoms with E-state index in [-0.39, 0.29) is 11.8 Å². The predicted molar refractivity (Wildman–Crippen MR) is 164 cm³/mol. The van der Waals surface area contributed by atoms with E-state index in [9.17, 15) is 9.59 Å². The number of benzene rings is 1. The highest BCUT2D eigenvalue weighted by Gasteiger charge is 2.20. The maximum atomic E-state index is 13.4. The summed E-state index contributed by atoms with van der Waals surface area (Å²) in [4.78, 5) is 45.1. The van der Waals surface area contributed by atoms with E-state index in [0.717, 1.165) is 60.0 Å². The average molecular weight is 600 g/mol. The van der Waals surface area contributed by atoms with Crippen LogP contribution in [0.2, 0.25) is 0 Å². The number of nitrogens with one attached hydrogen (secondary N) is 2. The van der Waals surface area contributed by atoms with E-state index in [1.165, 1.54) is 11.3 Å².